The third kappa shape index (κ3) is 2.18. The van der Waals surface area contributed by atoms with Crippen LogP contribution in [0, 0.1) is 12.7 Å². The lowest BCUT2D eigenvalue weighted by molar-refractivity contribution is 0.628. The third-order valence-corrected chi connectivity index (χ3v) is 2.62. The predicted octanol–water partition coefficient (Wildman–Crippen LogP) is 4.45. The highest BCUT2D eigenvalue weighted by Gasteiger charge is 2.04. The van der Waals surface area contributed by atoms with Crippen molar-refractivity contribution in [3.05, 3.63) is 58.9 Å². The minimum absolute atomic E-state index is 0.269. The molecule has 0 heterocycles. The second kappa shape index (κ2) is 4.03. The quantitative estimate of drug-likeness (QED) is 0.666. The Morgan fingerprint density at radius 2 is 1.67 bits per heavy atom. The highest BCUT2D eigenvalue weighted by Crippen LogP contribution is 2.28. The Balaban J connectivity index is 2.53. The highest BCUT2D eigenvalue weighted by atomic mass is 35.5. The summed E-state index contributed by atoms with van der Waals surface area (Å²) in [7, 11) is 0. The van der Waals surface area contributed by atoms with Gasteiger partial charge in [-0.2, -0.15) is 0 Å². The van der Waals surface area contributed by atoms with E-state index in [4.69, 9.17) is 11.6 Å². The molecule has 0 saturated heterocycles. The molecule has 0 nitrogen and oxygen atoms in total. The molecule has 0 spiro atoms. The summed E-state index contributed by atoms with van der Waals surface area (Å²) in [6.45, 7) is 2.01. The zero-order valence-electron chi connectivity index (χ0n) is 8.30. The Morgan fingerprint density at radius 1 is 1.00 bits per heavy atom. The van der Waals surface area contributed by atoms with E-state index in [1.807, 2.05) is 31.2 Å². The van der Waals surface area contributed by atoms with Crippen LogP contribution in [-0.4, -0.2) is 0 Å². The van der Waals surface area contributed by atoms with Crippen molar-refractivity contribution in [2.75, 3.05) is 0 Å². The number of rotatable bonds is 1. The smallest absolute Gasteiger partial charge is 0.123 e. The monoisotopic (exact) mass is 220 g/mol. The van der Waals surface area contributed by atoms with Gasteiger partial charge in [0.1, 0.15) is 5.82 Å². The molecule has 0 N–H and O–H groups in total. The molecule has 2 heteroatoms. The molecule has 0 unspecified atom stereocenters. The summed E-state index contributed by atoms with van der Waals surface area (Å²) in [4.78, 5) is 0. The van der Waals surface area contributed by atoms with Gasteiger partial charge in [-0.05, 0) is 30.7 Å². The van der Waals surface area contributed by atoms with Crippen LogP contribution in [0.2, 0.25) is 5.02 Å². The van der Waals surface area contributed by atoms with Crippen molar-refractivity contribution in [3.63, 3.8) is 0 Å². The van der Waals surface area contributed by atoms with Crippen LogP contribution in [0.5, 0.6) is 0 Å². The van der Waals surface area contributed by atoms with E-state index in [9.17, 15) is 4.39 Å². The van der Waals surface area contributed by atoms with Crippen LogP contribution in [0.1, 0.15) is 5.56 Å². The van der Waals surface area contributed by atoms with E-state index in [0.29, 0.717) is 5.02 Å². The van der Waals surface area contributed by atoms with E-state index in [2.05, 4.69) is 0 Å². The molecule has 15 heavy (non-hydrogen) atoms. The summed E-state index contributed by atoms with van der Waals surface area (Å²) in [5.74, 6) is -0.269. The molecule has 0 aliphatic rings. The van der Waals surface area contributed by atoms with Gasteiger partial charge >= 0.3 is 0 Å². The van der Waals surface area contributed by atoms with Crippen molar-refractivity contribution < 1.29 is 4.39 Å². The number of hydrogen-bond donors (Lipinski definition) is 0. The molecule has 0 bridgehead atoms. The lowest BCUT2D eigenvalue weighted by Gasteiger charge is -2.04. The van der Waals surface area contributed by atoms with Crippen molar-refractivity contribution in [1.29, 1.82) is 0 Å². The van der Waals surface area contributed by atoms with Gasteiger partial charge in [0.15, 0.2) is 0 Å². The van der Waals surface area contributed by atoms with Gasteiger partial charge < -0.3 is 0 Å². The molecule has 0 atom stereocenters. The van der Waals surface area contributed by atoms with Crippen LogP contribution in [-0.2, 0) is 0 Å². The number of benzene rings is 2. The molecule has 0 radical (unpaired) electrons. The predicted molar refractivity (Wildman–Crippen MR) is 61.6 cm³/mol. The standard InChI is InChI=1S/C13H10ClF/c1-9-2-4-10(5-3-9)12-8-11(15)6-7-13(12)14/h2-8H,1H3. The zero-order valence-corrected chi connectivity index (χ0v) is 9.05. The van der Waals surface area contributed by atoms with Gasteiger partial charge in [0.2, 0.25) is 0 Å². The SMILES string of the molecule is Cc1ccc(-c2cc(F)ccc2Cl)cc1. The minimum Gasteiger partial charge on any atom is -0.207 e. The van der Waals surface area contributed by atoms with Crippen molar-refractivity contribution in [2.24, 2.45) is 0 Å². The van der Waals surface area contributed by atoms with Crippen LogP contribution < -0.4 is 0 Å². The zero-order chi connectivity index (χ0) is 10.8. The van der Waals surface area contributed by atoms with Crippen LogP contribution in [0.4, 0.5) is 4.39 Å². The maximum absolute atomic E-state index is 13.1. The van der Waals surface area contributed by atoms with E-state index in [-0.39, 0.29) is 5.82 Å². The summed E-state index contributed by atoms with van der Waals surface area (Å²) in [6, 6.07) is 12.2. The van der Waals surface area contributed by atoms with Crippen LogP contribution in [0.3, 0.4) is 0 Å². The van der Waals surface area contributed by atoms with Gasteiger partial charge in [-0.1, -0.05) is 41.4 Å². The normalized spacial score (nSPS) is 10.3. The minimum atomic E-state index is -0.269. The van der Waals surface area contributed by atoms with E-state index in [1.54, 1.807) is 6.07 Å². The van der Waals surface area contributed by atoms with Gasteiger partial charge in [-0.15, -0.1) is 0 Å². The van der Waals surface area contributed by atoms with Crippen LogP contribution in [0.15, 0.2) is 42.5 Å². The van der Waals surface area contributed by atoms with Gasteiger partial charge in [0.05, 0.1) is 0 Å². The number of aryl methyl sites for hydroxylation is 1. The first kappa shape index (κ1) is 10.2. The van der Waals surface area contributed by atoms with Gasteiger partial charge in [-0.25, -0.2) is 4.39 Å². The van der Waals surface area contributed by atoms with Crippen LogP contribution in [0.25, 0.3) is 11.1 Å². The maximum Gasteiger partial charge on any atom is 0.123 e. The first-order chi connectivity index (χ1) is 7.16. The van der Waals surface area contributed by atoms with Gasteiger partial charge in [-0.3, -0.25) is 0 Å². The molecule has 76 valence electrons. The topological polar surface area (TPSA) is 0 Å². The lowest BCUT2D eigenvalue weighted by atomic mass is 10.0. The van der Waals surface area contributed by atoms with E-state index < -0.39 is 0 Å². The Morgan fingerprint density at radius 3 is 2.33 bits per heavy atom. The lowest BCUT2D eigenvalue weighted by Crippen LogP contribution is -1.82. The molecule has 0 aliphatic carbocycles. The average Bonchev–Trinajstić information content (AvgIpc) is 2.23. The third-order valence-electron chi connectivity index (χ3n) is 2.29. The molecule has 2 aromatic rings. The van der Waals surface area contributed by atoms with Crippen molar-refractivity contribution in [3.8, 4) is 11.1 Å². The number of hydrogen-bond acceptors (Lipinski definition) is 0. The Labute approximate surface area is 93.3 Å². The fourth-order valence-corrected chi connectivity index (χ4v) is 1.68. The van der Waals surface area contributed by atoms with Crippen molar-refractivity contribution >= 4 is 11.6 Å². The Bertz CT molecular complexity index is 474. The van der Waals surface area contributed by atoms with Gasteiger partial charge in [0.25, 0.3) is 0 Å². The Kier molecular flexibility index (Phi) is 2.74. The summed E-state index contributed by atoms with van der Waals surface area (Å²) in [5, 5.41) is 0.570. The van der Waals surface area contributed by atoms with Crippen molar-refractivity contribution in [2.45, 2.75) is 6.92 Å². The fourth-order valence-electron chi connectivity index (χ4n) is 1.45. The van der Waals surface area contributed by atoms with Crippen molar-refractivity contribution in [1.82, 2.24) is 0 Å². The molecule has 0 aliphatic heterocycles. The maximum atomic E-state index is 13.1. The van der Waals surface area contributed by atoms with E-state index in [1.165, 1.54) is 17.7 Å². The molecule has 0 saturated carbocycles. The molecule has 2 rings (SSSR count). The Hall–Kier alpha value is -1.34. The molecular weight excluding hydrogens is 211 g/mol. The molecular formula is C13H10ClF. The number of halogens is 2. The second-order valence-electron chi connectivity index (χ2n) is 3.49. The first-order valence-corrected chi connectivity index (χ1v) is 5.07. The molecule has 0 amide bonds. The summed E-state index contributed by atoms with van der Waals surface area (Å²) >= 11 is 6.00. The van der Waals surface area contributed by atoms with E-state index in [0.717, 1.165) is 11.1 Å². The summed E-state index contributed by atoms with van der Waals surface area (Å²) in [6.07, 6.45) is 0. The molecule has 0 fully saturated rings. The molecule has 2 aromatic carbocycles. The second-order valence-corrected chi connectivity index (χ2v) is 3.90. The molecule has 0 aromatic heterocycles. The first-order valence-electron chi connectivity index (χ1n) is 4.69. The van der Waals surface area contributed by atoms with Gasteiger partial charge in [0, 0.05) is 10.6 Å². The largest absolute Gasteiger partial charge is 0.207 e. The fraction of sp³-hybridized carbons (Fsp3) is 0.0769. The summed E-state index contributed by atoms with van der Waals surface area (Å²) in [5.41, 5.74) is 2.84. The average molecular weight is 221 g/mol. The highest BCUT2D eigenvalue weighted by molar-refractivity contribution is 6.33. The van der Waals surface area contributed by atoms with Crippen LogP contribution >= 0.6 is 11.6 Å². The summed E-state index contributed by atoms with van der Waals surface area (Å²) < 4.78 is 13.1. The van der Waals surface area contributed by atoms with E-state index >= 15 is 0 Å².